The van der Waals surface area contributed by atoms with E-state index < -0.39 is 0 Å². The van der Waals surface area contributed by atoms with Crippen LogP contribution in [0.3, 0.4) is 0 Å². The fourth-order valence-corrected chi connectivity index (χ4v) is 4.20. The van der Waals surface area contributed by atoms with Gasteiger partial charge in [0.2, 0.25) is 0 Å². The summed E-state index contributed by atoms with van der Waals surface area (Å²) in [6, 6.07) is 28.5. The molecule has 5 nitrogen and oxygen atoms in total. The third kappa shape index (κ3) is 7.20. The summed E-state index contributed by atoms with van der Waals surface area (Å²) in [5.74, 6) is 4.58. The third-order valence-corrected chi connectivity index (χ3v) is 6.35. The highest BCUT2D eigenvalue weighted by Crippen LogP contribution is 2.35. The summed E-state index contributed by atoms with van der Waals surface area (Å²) in [5, 5.41) is 0. The van der Waals surface area contributed by atoms with E-state index in [2.05, 4.69) is 48.5 Å². The lowest BCUT2D eigenvalue weighted by Crippen LogP contribution is -1.97. The summed E-state index contributed by atoms with van der Waals surface area (Å²) < 4.78 is 28.0. The van der Waals surface area contributed by atoms with E-state index in [0.717, 1.165) is 54.2 Å². The van der Waals surface area contributed by atoms with Crippen molar-refractivity contribution in [1.82, 2.24) is 0 Å². The minimum atomic E-state index is 0.684. The molecule has 4 aromatic rings. The maximum atomic E-state index is 6.35. The van der Waals surface area contributed by atoms with Gasteiger partial charge in [0, 0.05) is 6.07 Å². The molecule has 0 atom stereocenters. The molecule has 0 saturated heterocycles. The first-order valence-electron chi connectivity index (χ1n) is 12.4. The molecule has 192 valence electrons. The van der Waals surface area contributed by atoms with Gasteiger partial charge in [0.15, 0.2) is 11.5 Å². The molecule has 0 bridgehead atoms. The second-order valence-corrected chi connectivity index (χ2v) is 8.80. The Hall–Kier alpha value is -4.12. The third-order valence-electron chi connectivity index (χ3n) is 6.35. The standard InChI is InChI=1S/C32H34O5/c1-33-27-14-9-23(10-15-27)5-7-25-13-18-31(36-4)32(21-25)37-30-20-26(19-29(22-30)35-3)8-6-24-11-16-28(34-2)17-12-24/h9-22H,5-8H2,1-4H3. The lowest BCUT2D eigenvalue weighted by molar-refractivity contribution is 0.375. The maximum Gasteiger partial charge on any atom is 0.169 e. The molecular weight excluding hydrogens is 464 g/mol. The molecule has 0 aliphatic rings. The molecule has 0 aromatic heterocycles. The maximum absolute atomic E-state index is 6.35. The first-order chi connectivity index (χ1) is 18.1. The normalized spacial score (nSPS) is 10.6. The van der Waals surface area contributed by atoms with Crippen LogP contribution in [0.15, 0.2) is 84.9 Å². The molecule has 4 rings (SSSR count). The molecule has 0 aliphatic carbocycles. The molecule has 0 saturated carbocycles. The van der Waals surface area contributed by atoms with Gasteiger partial charge in [0.25, 0.3) is 0 Å². The van der Waals surface area contributed by atoms with Gasteiger partial charge in [-0.3, -0.25) is 0 Å². The highest BCUT2D eigenvalue weighted by molar-refractivity contribution is 5.48. The van der Waals surface area contributed by atoms with Gasteiger partial charge in [0.1, 0.15) is 23.0 Å². The molecule has 0 heterocycles. The lowest BCUT2D eigenvalue weighted by Gasteiger charge is -2.14. The molecule has 0 amide bonds. The van der Waals surface area contributed by atoms with Crippen LogP contribution in [0.25, 0.3) is 0 Å². The van der Waals surface area contributed by atoms with E-state index in [4.69, 9.17) is 23.7 Å². The van der Waals surface area contributed by atoms with Gasteiger partial charge in [-0.1, -0.05) is 30.3 Å². The minimum absolute atomic E-state index is 0.684. The molecule has 0 spiro atoms. The fourth-order valence-electron chi connectivity index (χ4n) is 4.20. The number of hydrogen-bond donors (Lipinski definition) is 0. The number of ether oxygens (including phenoxy) is 5. The van der Waals surface area contributed by atoms with Crippen LogP contribution in [0.4, 0.5) is 0 Å². The van der Waals surface area contributed by atoms with E-state index in [0.29, 0.717) is 11.5 Å². The molecule has 0 N–H and O–H groups in total. The Kier molecular flexibility index (Phi) is 8.93. The van der Waals surface area contributed by atoms with Crippen LogP contribution < -0.4 is 23.7 Å². The Morgan fingerprint density at radius 1 is 0.378 bits per heavy atom. The van der Waals surface area contributed by atoms with Gasteiger partial charge < -0.3 is 23.7 Å². The predicted octanol–water partition coefficient (Wildman–Crippen LogP) is 7.08. The quantitative estimate of drug-likeness (QED) is 0.209. The SMILES string of the molecule is COc1ccc(CCc2cc(OC)cc(Oc3cc(CCc4ccc(OC)cc4)ccc3OC)c2)cc1. The van der Waals surface area contributed by atoms with E-state index in [1.165, 1.54) is 16.7 Å². The van der Waals surface area contributed by atoms with Crippen molar-refractivity contribution in [2.24, 2.45) is 0 Å². The molecule has 5 heteroatoms. The van der Waals surface area contributed by atoms with Crippen molar-refractivity contribution < 1.29 is 23.7 Å². The van der Waals surface area contributed by atoms with Gasteiger partial charge in [-0.25, -0.2) is 0 Å². The Balaban J connectivity index is 1.48. The van der Waals surface area contributed by atoms with Crippen molar-refractivity contribution in [3.05, 3.63) is 107 Å². The monoisotopic (exact) mass is 498 g/mol. The van der Waals surface area contributed by atoms with Gasteiger partial charge in [0.05, 0.1) is 28.4 Å². The number of methoxy groups -OCH3 is 4. The van der Waals surface area contributed by atoms with E-state index in [-0.39, 0.29) is 0 Å². The molecule has 4 aromatic carbocycles. The molecule has 37 heavy (non-hydrogen) atoms. The van der Waals surface area contributed by atoms with Crippen LogP contribution >= 0.6 is 0 Å². The van der Waals surface area contributed by atoms with Crippen LogP contribution in [-0.2, 0) is 25.7 Å². The van der Waals surface area contributed by atoms with Crippen molar-refractivity contribution in [2.45, 2.75) is 25.7 Å². The van der Waals surface area contributed by atoms with Gasteiger partial charge in [-0.2, -0.15) is 0 Å². The van der Waals surface area contributed by atoms with Crippen molar-refractivity contribution in [2.75, 3.05) is 28.4 Å². The Morgan fingerprint density at radius 2 is 0.865 bits per heavy atom. The van der Waals surface area contributed by atoms with Crippen LogP contribution in [-0.4, -0.2) is 28.4 Å². The second kappa shape index (κ2) is 12.7. The molecular formula is C32H34O5. The van der Waals surface area contributed by atoms with Gasteiger partial charge >= 0.3 is 0 Å². The Labute approximate surface area is 219 Å². The summed E-state index contributed by atoms with van der Waals surface area (Å²) >= 11 is 0. The zero-order valence-corrected chi connectivity index (χ0v) is 22.0. The van der Waals surface area contributed by atoms with E-state index in [1.807, 2.05) is 36.4 Å². The molecule has 0 fully saturated rings. The number of hydrogen-bond acceptors (Lipinski definition) is 5. The first kappa shape index (κ1) is 26.0. The number of aryl methyl sites for hydroxylation is 4. The van der Waals surface area contributed by atoms with E-state index in [1.54, 1.807) is 28.4 Å². The van der Waals surface area contributed by atoms with Crippen LogP contribution in [0.2, 0.25) is 0 Å². The highest BCUT2D eigenvalue weighted by Gasteiger charge is 2.11. The van der Waals surface area contributed by atoms with Gasteiger partial charge in [-0.15, -0.1) is 0 Å². The summed E-state index contributed by atoms with van der Waals surface area (Å²) in [7, 11) is 6.69. The number of rotatable bonds is 12. The second-order valence-electron chi connectivity index (χ2n) is 8.80. The van der Waals surface area contributed by atoms with Crippen LogP contribution in [0.5, 0.6) is 34.5 Å². The summed E-state index contributed by atoms with van der Waals surface area (Å²) in [6.07, 6.45) is 3.57. The molecule has 0 unspecified atom stereocenters. The van der Waals surface area contributed by atoms with E-state index in [9.17, 15) is 0 Å². The summed E-state index contributed by atoms with van der Waals surface area (Å²) in [4.78, 5) is 0. The smallest absolute Gasteiger partial charge is 0.169 e. The average Bonchev–Trinajstić information content (AvgIpc) is 2.95. The van der Waals surface area contributed by atoms with E-state index >= 15 is 0 Å². The zero-order valence-electron chi connectivity index (χ0n) is 22.0. The number of benzene rings is 4. The molecule has 0 aliphatic heterocycles. The Bertz CT molecular complexity index is 1280. The van der Waals surface area contributed by atoms with Crippen molar-refractivity contribution >= 4 is 0 Å². The lowest BCUT2D eigenvalue weighted by atomic mass is 10.0. The fraction of sp³-hybridized carbons (Fsp3) is 0.250. The predicted molar refractivity (Wildman–Crippen MR) is 147 cm³/mol. The van der Waals surface area contributed by atoms with Crippen LogP contribution in [0.1, 0.15) is 22.3 Å². The van der Waals surface area contributed by atoms with Crippen LogP contribution in [0, 0.1) is 0 Å². The average molecular weight is 499 g/mol. The molecule has 0 radical (unpaired) electrons. The summed E-state index contributed by atoms with van der Waals surface area (Å²) in [5.41, 5.74) is 4.82. The largest absolute Gasteiger partial charge is 0.497 e. The highest BCUT2D eigenvalue weighted by atomic mass is 16.5. The first-order valence-corrected chi connectivity index (χ1v) is 12.4. The topological polar surface area (TPSA) is 46.2 Å². The van der Waals surface area contributed by atoms with Crippen molar-refractivity contribution in [1.29, 1.82) is 0 Å². The Morgan fingerprint density at radius 3 is 1.41 bits per heavy atom. The van der Waals surface area contributed by atoms with Crippen molar-refractivity contribution in [3.8, 4) is 34.5 Å². The minimum Gasteiger partial charge on any atom is -0.497 e. The van der Waals surface area contributed by atoms with Crippen molar-refractivity contribution in [3.63, 3.8) is 0 Å². The summed E-state index contributed by atoms with van der Waals surface area (Å²) in [6.45, 7) is 0. The van der Waals surface area contributed by atoms with Gasteiger partial charge in [-0.05, 0) is 96.5 Å². The zero-order chi connectivity index (χ0) is 26.0.